The third kappa shape index (κ3) is 2.20. The molecule has 0 atom stereocenters. The van der Waals surface area contributed by atoms with E-state index >= 15 is 0 Å². The average Bonchev–Trinajstić information content (AvgIpc) is 3.07. The highest BCUT2D eigenvalue weighted by Crippen LogP contribution is 2.20. The quantitative estimate of drug-likeness (QED) is 0.687. The molecule has 2 aromatic heterocycles. The van der Waals surface area contributed by atoms with Crippen molar-refractivity contribution in [2.24, 2.45) is 0 Å². The number of hydrogen-bond donors (Lipinski definition) is 0. The molecule has 94 valence electrons. The summed E-state index contributed by atoms with van der Waals surface area (Å²) in [5.41, 5.74) is 1.31. The van der Waals surface area contributed by atoms with Crippen molar-refractivity contribution >= 4 is 17.1 Å². The van der Waals surface area contributed by atoms with Crippen molar-refractivity contribution in [1.29, 1.82) is 0 Å². The third-order valence-corrected chi connectivity index (χ3v) is 3.75. The van der Waals surface area contributed by atoms with Gasteiger partial charge in [-0.05, 0) is 31.2 Å². The SMILES string of the molecule is Cc1ccc(C(=O)c2cnnn2-c2ccccc2)s1. The highest BCUT2D eigenvalue weighted by Gasteiger charge is 2.17. The summed E-state index contributed by atoms with van der Waals surface area (Å²) in [6.45, 7) is 1.98. The van der Waals surface area contributed by atoms with Gasteiger partial charge in [0.1, 0.15) is 5.69 Å². The van der Waals surface area contributed by atoms with Crippen LogP contribution in [0.1, 0.15) is 20.2 Å². The van der Waals surface area contributed by atoms with Crippen LogP contribution in [-0.2, 0) is 0 Å². The summed E-state index contributed by atoms with van der Waals surface area (Å²) in [6, 6.07) is 13.3. The molecule has 0 fully saturated rings. The highest BCUT2D eigenvalue weighted by atomic mass is 32.1. The van der Waals surface area contributed by atoms with Gasteiger partial charge in [-0.15, -0.1) is 16.4 Å². The van der Waals surface area contributed by atoms with Gasteiger partial charge in [0, 0.05) is 4.88 Å². The summed E-state index contributed by atoms with van der Waals surface area (Å²) in [6.07, 6.45) is 1.50. The van der Waals surface area contributed by atoms with Crippen LogP contribution in [0.2, 0.25) is 0 Å². The van der Waals surface area contributed by atoms with E-state index < -0.39 is 0 Å². The Morgan fingerprint density at radius 1 is 1.16 bits per heavy atom. The van der Waals surface area contributed by atoms with Crippen molar-refractivity contribution in [3.05, 3.63) is 64.1 Å². The number of aromatic nitrogens is 3. The monoisotopic (exact) mass is 269 g/mol. The van der Waals surface area contributed by atoms with Gasteiger partial charge in [0.05, 0.1) is 16.8 Å². The second kappa shape index (κ2) is 4.78. The Balaban J connectivity index is 2.03. The minimum atomic E-state index is -0.0491. The summed E-state index contributed by atoms with van der Waals surface area (Å²) in [5, 5.41) is 7.84. The van der Waals surface area contributed by atoms with Crippen molar-refractivity contribution < 1.29 is 4.79 Å². The molecule has 3 aromatic rings. The number of carbonyl (C=O) groups excluding carboxylic acids is 1. The maximum absolute atomic E-state index is 12.4. The predicted molar refractivity (Wildman–Crippen MR) is 73.8 cm³/mol. The van der Waals surface area contributed by atoms with Crippen molar-refractivity contribution in [3.63, 3.8) is 0 Å². The maximum atomic E-state index is 12.4. The number of hydrogen-bond acceptors (Lipinski definition) is 4. The maximum Gasteiger partial charge on any atom is 0.223 e. The number of benzene rings is 1. The van der Waals surface area contributed by atoms with Crippen molar-refractivity contribution in [3.8, 4) is 5.69 Å². The fraction of sp³-hybridized carbons (Fsp3) is 0.0714. The van der Waals surface area contributed by atoms with Gasteiger partial charge >= 0.3 is 0 Å². The molecule has 0 amide bonds. The fourth-order valence-electron chi connectivity index (χ4n) is 1.83. The van der Waals surface area contributed by atoms with Crippen LogP contribution in [0.4, 0.5) is 0 Å². The number of aryl methyl sites for hydroxylation is 1. The van der Waals surface area contributed by atoms with Gasteiger partial charge in [0.2, 0.25) is 5.78 Å². The molecule has 0 saturated heterocycles. The predicted octanol–water partition coefficient (Wildman–Crippen LogP) is 2.87. The normalized spacial score (nSPS) is 10.6. The minimum absolute atomic E-state index is 0.0491. The standard InChI is InChI=1S/C14H11N3OS/c1-10-7-8-13(19-10)14(18)12-9-15-16-17(12)11-5-3-2-4-6-11/h2-9H,1H3. The summed E-state index contributed by atoms with van der Waals surface area (Å²) in [4.78, 5) is 14.2. The van der Waals surface area contributed by atoms with Crippen molar-refractivity contribution in [2.45, 2.75) is 6.92 Å². The number of rotatable bonds is 3. The Labute approximate surface area is 114 Å². The molecule has 4 nitrogen and oxygen atoms in total. The molecule has 2 heterocycles. The first kappa shape index (κ1) is 11.8. The number of nitrogens with zero attached hydrogens (tertiary/aromatic N) is 3. The Morgan fingerprint density at radius 3 is 2.63 bits per heavy atom. The molecule has 0 N–H and O–H groups in total. The Morgan fingerprint density at radius 2 is 1.95 bits per heavy atom. The largest absolute Gasteiger partial charge is 0.286 e. The number of thiophene rings is 1. The van der Waals surface area contributed by atoms with Crippen molar-refractivity contribution in [1.82, 2.24) is 15.0 Å². The Bertz CT molecular complexity index is 715. The van der Waals surface area contributed by atoms with Crippen LogP contribution in [0.25, 0.3) is 5.69 Å². The molecule has 1 aromatic carbocycles. The molecule has 19 heavy (non-hydrogen) atoms. The smallest absolute Gasteiger partial charge is 0.223 e. The van der Waals surface area contributed by atoms with Gasteiger partial charge in [-0.2, -0.15) is 0 Å². The lowest BCUT2D eigenvalue weighted by atomic mass is 10.2. The summed E-state index contributed by atoms with van der Waals surface area (Å²) in [7, 11) is 0. The van der Waals surface area contributed by atoms with Crippen LogP contribution in [0.15, 0.2) is 48.7 Å². The molecule has 0 aliphatic carbocycles. The van der Waals surface area contributed by atoms with E-state index in [-0.39, 0.29) is 5.78 Å². The molecule has 0 radical (unpaired) electrons. The number of carbonyl (C=O) groups is 1. The molecule has 0 unspecified atom stereocenters. The third-order valence-electron chi connectivity index (χ3n) is 2.75. The molecule has 0 saturated carbocycles. The van der Waals surface area contributed by atoms with E-state index in [0.29, 0.717) is 10.6 Å². The summed E-state index contributed by atoms with van der Waals surface area (Å²) in [5.74, 6) is -0.0491. The van der Waals surface area contributed by atoms with E-state index in [4.69, 9.17) is 0 Å². The van der Waals surface area contributed by atoms with E-state index in [2.05, 4.69) is 10.3 Å². The molecule has 0 spiro atoms. The Kier molecular flexibility index (Phi) is 2.97. The summed E-state index contributed by atoms with van der Waals surface area (Å²) < 4.78 is 1.57. The second-order valence-corrected chi connectivity index (χ2v) is 5.39. The molecule has 0 aliphatic rings. The van der Waals surface area contributed by atoms with Crippen molar-refractivity contribution in [2.75, 3.05) is 0 Å². The number of ketones is 1. The number of para-hydroxylation sites is 1. The Hall–Kier alpha value is -2.27. The van der Waals surface area contributed by atoms with E-state index in [1.54, 1.807) is 4.68 Å². The van der Waals surface area contributed by atoms with Gasteiger partial charge in [-0.3, -0.25) is 4.79 Å². The molecule has 3 rings (SSSR count). The van der Waals surface area contributed by atoms with E-state index in [0.717, 1.165) is 10.6 Å². The van der Waals surface area contributed by atoms with E-state index in [9.17, 15) is 4.79 Å². The fourth-order valence-corrected chi connectivity index (χ4v) is 2.65. The van der Waals surface area contributed by atoms with Gasteiger partial charge in [0.15, 0.2) is 0 Å². The second-order valence-electron chi connectivity index (χ2n) is 4.11. The lowest BCUT2D eigenvalue weighted by Gasteiger charge is -2.03. The molecular weight excluding hydrogens is 258 g/mol. The first-order chi connectivity index (χ1) is 9.25. The van der Waals surface area contributed by atoms with Crippen LogP contribution in [0.5, 0.6) is 0 Å². The van der Waals surface area contributed by atoms with Gasteiger partial charge in [-0.1, -0.05) is 23.4 Å². The summed E-state index contributed by atoms with van der Waals surface area (Å²) >= 11 is 1.48. The molecular formula is C14H11N3OS. The zero-order chi connectivity index (χ0) is 13.2. The van der Waals surface area contributed by atoms with Gasteiger partial charge in [0.25, 0.3) is 0 Å². The van der Waals surface area contributed by atoms with Crippen LogP contribution < -0.4 is 0 Å². The zero-order valence-corrected chi connectivity index (χ0v) is 11.1. The minimum Gasteiger partial charge on any atom is -0.286 e. The van der Waals surface area contributed by atoms with Crippen LogP contribution in [-0.4, -0.2) is 20.8 Å². The van der Waals surface area contributed by atoms with Gasteiger partial charge < -0.3 is 0 Å². The lowest BCUT2D eigenvalue weighted by Crippen LogP contribution is -2.08. The van der Waals surface area contributed by atoms with E-state index in [1.807, 2.05) is 49.4 Å². The first-order valence-electron chi connectivity index (χ1n) is 5.83. The van der Waals surface area contributed by atoms with Crippen LogP contribution in [0, 0.1) is 6.92 Å². The lowest BCUT2D eigenvalue weighted by molar-refractivity contribution is 0.103. The first-order valence-corrected chi connectivity index (χ1v) is 6.64. The average molecular weight is 269 g/mol. The van der Waals surface area contributed by atoms with E-state index in [1.165, 1.54) is 17.5 Å². The topological polar surface area (TPSA) is 47.8 Å². The van der Waals surface area contributed by atoms with Crippen LogP contribution in [0.3, 0.4) is 0 Å². The van der Waals surface area contributed by atoms with Crippen LogP contribution >= 0.6 is 11.3 Å². The van der Waals surface area contributed by atoms with Gasteiger partial charge in [-0.25, -0.2) is 4.68 Å². The zero-order valence-electron chi connectivity index (χ0n) is 10.3. The molecule has 0 aliphatic heterocycles. The molecule has 0 bridgehead atoms. The highest BCUT2D eigenvalue weighted by molar-refractivity contribution is 7.14. The molecule has 5 heteroatoms.